The fourth-order valence-corrected chi connectivity index (χ4v) is 4.75. The molecule has 9 heteroatoms. The number of fused-ring (bicyclic) bond motifs is 2. The van der Waals surface area contributed by atoms with E-state index < -0.39 is 0 Å². The van der Waals surface area contributed by atoms with Crippen molar-refractivity contribution < 1.29 is 14.3 Å². The van der Waals surface area contributed by atoms with Crippen molar-refractivity contribution >= 4 is 39.9 Å². The molecule has 1 atom stereocenters. The summed E-state index contributed by atoms with van der Waals surface area (Å²) in [6, 6.07) is 22.3. The number of rotatable bonds is 7. The van der Waals surface area contributed by atoms with E-state index >= 15 is 0 Å². The normalized spacial score (nSPS) is 14.4. The van der Waals surface area contributed by atoms with Gasteiger partial charge in [-0.2, -0.15) is 0 Å². The van der Waals surface area contributed by atoms with Crippen LogP contribution in [0.3, 0.4) is 0 Å². The van der Waals surface area contributed by atoms with Crippen LogP contribution in [0, 0.1) is 0 Å². The van der Waals surface area contributed by atoms with Gasteiger partial charge in [-0.15, -0.1) is 0 Å². The first-order valence-electron chi connectivity index (χ1n) is 11.6. The van der Waals surface area contributed by atoms with Gasteiger partial charge in [-0.25, -0.2) is 4.98 Å². The van der Waals surface area contributed by atoms with E-state index in [1.165, 1.54) is 11.8 Å². The van der Waals surface area contributed by atoms with Crippen LogP contribution in [0.2, 0.25) is 0 Å². The minimum absolute atomic E-state index is 0.102. The predicted octanol–water partition coefficient (Wildman–Crippen LogP) is 4.03. The van der Waals surface area contributed by atoms with Gasteiger partial charge in [-0.05, 0) is 48.5 Å². The lowest BCUT2D eigenvalue weighted by atomic mass is 10.2. The summed E-state index contributed by atoms with van der Waals surface area (Å²) in [5.41, 5.74) is 2.17. The molecule has 1 aromatic heterocycles. The van der Waals surface area contributed by atoms with Crippen LogP contribution in [-0.4, -0.2) is 48.0 Å². The molecule has 0 unspecified atom stereocenters. The van der Waals surface area contributed by atoms with Crippen LogP contribution in [0.1, 0.15) is 0 Å². The Balaban J connectivity index is 1.35. The molecule has 0 saturated heterocycles. The first kappa shape index (κ1) is 23.7. The third-order valence-corrected chi connectivity index (χ3v) is 6.76. The van der Waals surface area contributed by atoms with Crippen LogP contribution in [0.5, 0.6) is 11.5 Å². The second kappa shape index (κ2) is 10.3. The second-order valence-electron chi connectivity index (χ2n) is 8.60. The molecule has 184 valence electrons. The number of anilines is 2. The lowest BCUT2D eigenvalue weighted by Crippen LogP contribution is -2.37. The van der Waals surface area contributed by atoms with Crippen LogP contribution >= 0.6 is 11.8 Å². The summed E-state index contributed by atoms with van der Waals surface area (Å²) < 4.78 is 13.5. The number of carbonyl (C=O) groups excluding carboxylic acids is 1. The Hall–Kier alpha value is -3.98. The Kier molecular flexibility index (Phi) is 6.81. The van der Waals surface area contributed by atoms with Crippen LogP contribution in [0.4, 0.5) is 11.4 Å². The minimum atomic E-state index is -0.371. The van der Waals surface area contributed by atoms with Crippen molar-refractivity contribution in [3.05, 3.63) is 83.2 Å². The Morgan fingerprint density at radius 1 is 1.06 bits per heavy atom. The van der Waals surface area contributed by atoms with Crippen molar-refractivity contribution in [2.24, 2.45) is 0 Å². The van der Waals surface area contributed by atoms with E-state index in [9.17, 15) is 9.59 Å². The number of thioether (sulfide) groups is 1. The van der Waals surface area contributed by atoms with Gasteiger partial charge in [0, 0.05) is 25.5 Å². The average Bonchev–Trinajstić information content (AvgIpc) is 2.89. The Labute approximate surface area is 212 Å². The van der Waals surface area contributed by atoms with Gasteiger partial charge in [0.25, 0.3) is 5.56 Å². The number of amides is 1. The van der Waals surface area contributed by atoms with Gasteiger partial charge in [0.05, 0.1) is 23.2 Å². The lowest BCUT2D eigenvalue weighted by molar-refractivity contribution is -0.113. The maximum Gasteiger partial charge on any atom is 0.262 e. The van der Waals surface area contributed by atoms with Gasteiger partial charge in [0.2, 0.25) is 5.91 Å². The third-order valence-electron chi connectivity index (χ3n) is 5.78. The molecule has 0 bridgehead atoms. The van der Waals surface area contributed by atoms with Gasteiger partial charge >= 0.3 is 0 Å². The summed E-state index contributed by atoms with van der Waals surface area (Å²) >= 11 is 1.22. The average molecular weight is 503 g/mol. The highest BCUT2D eigenvalue weighted by Gasteiger charge is 2.24. The highest BCUT2D eigenvalue weighted by Crippen LogP contribution is 2.31. The van der Waals surface area contributed by atoms with Crippen LogP contribution in [-0.2, 0) is 11.3 Å². The molecule has 0 spiro atoms. The van der Waals surface area contributed by atoms with Crippen molar-refractivity contribution in [3.63, 3.8) is 0 Å². The molecule has 1 N–H and O–H groups in total. The fraction of sp³-hybridized carbons (Fsp3) is 0.222. The predicted molar refractivity (Wildman–Crippen MR) is 142 cm³/mol. The molecule has 0 saturated carbocycles. The summed E-state index contributed by atoms with van der Waals surface area (Å²) in [6.45, 7) is 0.560. The molecule has 1 aliphatic rings. The number of hydrogen-bond acceptors (Lipinski definition) is 7. The van der Waals surface area contributed by atoms with E-state index in [0.717, 1.165) is 5.69 Å². The molecule has 4 aromatic rings. The molecule has 36 heavy (non-hydrogen) atoms. The monoisotopic (exact) mass is 502 g/mol. The molecule has 8 nitrogen and oxygen atoms in total. The summed E-state index contributed by atoms with van der Waals surface area (Å²) in [7, 11) is 3.92. The van der Waals surface area contributed by atoms with E-state index in [4.69, 9.17) is 14.5 Å². The number of nitrogens with zero attached hydrogens (tertiary/aromatic N) is 3. The highest BCUT2D eigenvalue weighted by molar-refractivity contribution is 7.99. The molecule has 1 amide bonds. The summed E-state index contributed by atoms with van der Waals surface area (Å²) in [5, 5.41) is 3.88. The smallest absolute Gasteiger partial charge is 0.262 e. The third kappa shape index (κ3) is 5.16. The largest absolute Gasteiger partial charge is 0.486 e. The van der Waals surface area contributed by atoms with E-state index in [0.29, 0.717) is 39.9 Å². The molecular weight excluding hydrogens is 476 g/mol. The molecular formula is C27H26N4O4S. The van der Waals surface area contributed by atoms with Crippen LogP contribution in [0.15, 0.2) is 82.7 Å². The first-order valence-corrected chi connectivity index (χ1v) is 12.5. The van der Waals surface area contributed by atoms with E-state index in [-0.39, 0.29) is 29.9 Å². The zero-order valence-electron chi connectivity index (χ0n) is 20.0. The van der Waals surface area contributed by atoms with Crippen molar-refractivity contribution in [2.75, 3.05) is 36.7 Å². The first-order chi connectivity index (χ1) is 17.5. The van der Waals surface area contributed by atoms with Crippen LogP contribution in [0.25, 0.3) is 10.9 Å². The number of nitrogens with one attached hydrogen (secondary N) is 1. The molecule has 0 radical (unpaired) electrons. The number of hydrogen-bond donors (Lipinski definition) is 1. The summed E-state index contributed by atoms with van der Waals surface area (Å²) in [6.07, 6.45) is -0.371. The summed E-state index contributed by atoms with van der Waals surface area (Å²) in [4.78, 5) is 32.8. The fourth-order valence-electron chi connectivity index (χ4n) is 3.95. The Morgan fingerprint density at radius 2 is 1.78 bits per heavy atom. The number of carbonyl (C=O) groups is 1. The standard InChI is InChI=1S/C27H26N4O4S/c1-30(2)19-13-11-18(12-14-19)28-25(32)17-36-27-29-22-8-4-3-7-21(22)26(33)31(27)15-20-16-34-23-9-5-6-10-24(23)35-20/h3-14,20H,15-17H2,1-2H3,(H,28,32)/t20-/m1/s1. The van der Waals surface area contributed by atoms with Gasteiger partial charge < -0.3 is 19.7 Å². The number of benzene rings is 3. The van der Waals surface area contributed by atoms with E-state index in [1.54, 1.807) is 16.7 Å². The molecule has 1 aliphatic heterocycles. The number of ether oxygens (including phenoxy) is 2. The number of para-hydroxylation sites is 3. The molecule has 0 aliphatic carbocycles. The Bertz CT molecular complexity index is 1450. The second-order valence-corrected chi connectivity index (χ2v) is 9.55. The zero-order chi connectivity index (χ0) is 25.1. The molecule has 3 aromatic carbocycles. The van der Waals surface area contributed by atoms with E-state index in [1.807, 2.05) is 79.7 Å². The van der Waals surface area contributed by atoms with Gasteiger partial charge in [-0.1, -0.05) is 36.0 Å². The quantitative estimate of drug-likeness (QED) is 0.302. The van der Waals surface area contributed by atoms with Gasteiger partial charge in [0.1, 0.15) is 6.61 Å². The topological polar surface area (TPSA) is 85.7 Å². The maximum atomic E-state index is 13.4. The maximum absolute atomic E-state index is 13.4. The zero-order valence-corrected chi connectivity index (χ0v) is 20.8. The van der Waals surface area contributed by atoms with E-state index in [2.05, 4.69) is 5.32 Å². The molecule has 2 heterocycles. The number of aromatic nitrogens is 2. The van der Waals surface area contributed by atoms with Crippen molar-refractivity contribution in [2.45, 2.75) is 17.8 Å². The lowest BCUT2D eigenvalue weighted by Gasteiger charge is -2.27. The highest BCUT2D eigenvalue weighted by atomic mass is 32.2. The summed E-state index contributed by atoms with van der Waals surface area (Å²) in [5.74, 6) is 1.25. The van der Waals surface area contributed by atoms with Crippen LogP contribution < -0.4 is 25.2 Å². The molecule has 5 rings (SSSR count). The Morgan fingerprint density at radius 3 is 2.56 bits per heavy atom. The van der Waals surface area contributed by atoms with Crippen molar-refractivity contribution in [1.29, 1.82) is 0 Å². The van der Waals surface area contributed by atoms with Gasteiger partial charge in [0.15, 0.2) is 22.8 Å². The van der Waals surface area contributed by atoms with Crippen molar-refractivity contribution in [3.8, 4) is 11.5 Å². The molecule has 0 fully saturated rings. The van der Waals surface area contributed by atoms with Crippen molar-refractivity contribution in [1.82, 2.24) is 9.55 Å². The minimum Gasteiger partial charge on any atom is -0.486 e. The van der Waals surface area contributed by atoms with Gasteiger partial charge in [-0.3, -0.25) is 14.2 Å². The SMILES string of the molecule is CN(C)c1ccc(NC(=O)CSc2nc3ccccc3c(=O)n2C[C@@H]2COc3ccccc3O2)cc1.